The van der Waals surface area contributed by atoms with Crippen molar-refractivity contribution < 1.29 is 9.53 Å². The zero-order chi connectivity index (χ0) is 10.4. The second-order valence-corrected chi connectivity index (χ2v) is 3.42. The van der Waals surface area contributed by atoms with Crippen LogP contribution < -0.4 is 4.74 Å². The molecule has 0 atom stereocenters. The van der Waals surface area contributed by atoms with Gasteiger partial charge in [0.2, 0.25) is 0 Å². The van der Waals surface area contributed by atoms with Gasteiger partial charge in [-0.15, -0.1) is 0 Å². The maximum absolute atomic E-state index is 10.4. The van der Waals surface area contributed by atoms with Crippen LogP contribution in [0.15, 0.2) is 18.2 Å². The van der Waals surface area contributed by atoms with E-state index in [-0.39, 0.29) is 0 Å². The van der Waals surface area contributed by atoms with Crippen LogP contribution in [-0.2, 0) is 0 Å². The topological polar surface area (TPSA) is 26.3 Å². The largest absolute Gasteiger partial charge is 0.492 e. The Balaban J connectivity index is 2.64. The first-order valence-corrected chi connectivity index (χ1v) is 5.03. The molecule has 1 aromatic carbocycles. The summed E-state index contributed by atoms with van der Waals surface area (Å²) in [5.41, 5.74) is 0.567. The van der Waals surface area contributed by atoms with Crippen molar-refractivity contribution in [1.29, 1.82) is 0 Å². The minimum absolute atomic E-state index is 0.491. The third-order valence-corrected chi connectivity index (χ3v) is 2.14. The van der Waals surface area contributed by atoms with Crippen LogP contribution >= 0.6 is 11.6 Å². The predicted molar refractivity (Wildman–Crippen MR) is 57.2 cm³/mol. The molecule has 2 nitrogen and oxygen atoms in total. The van der Waals surface area contributed by atoms with Gasteiger partial charge in [-0.25, -0.2) is 0 Å². The number of hydrogen-bond acceptors (Lipinski definition) is 2. The summed E-state index contributed by atoms with van der Waals surface area (Å²) in [4.78, 5) is 10.4. The van der Waals surface area contributed by atoms with Crippen LogP contribution in [0, 0.1) is 0 Å². The molecule has 1 aromatic rings. The molecule has 0 aliphatic heterocycles. The van der Waals surface area contributed by atoms with Gasteiger partial charge >= 0.3 is 0 Å². The average molecular weight is 213 g/mol. The number of benzene rings is 1. The minimum atomic E-state index is 0.491. The van der Waals surface area contributed by atoms with Gasteiger partial charge in [0.25, 0.3) is 0 Å². The summed E-state index contributed by atoms with van der Waals surface area (Å²) in [6.07, 6.45) is 2.86. The Morgan fingerprint density at radius 3 is 2.86 bits per heavy atom. The second-order valence-electron chi connectivity index (χ2n) is 3.01. The molecule has 0 saturated heterocycles. The number of aldehydes is 1. The van der Waals surface area contributed by atoms with Crippen molar-refractivity contribution in [2.24, 2.45) is 0 Å². The van der Waals surface area contributed by atoms with Crippen molar-refractivity contribution in [3.63, 3.8) is 0 Å². The summed E-state index contributed by atoms with van der Waals surface area (Å²) < 4.78 is 5.43. The highest BCUT2D eigenvalue weighted by Gasteiger charge is 2.01. The third kappa shape index (κ3) is 3.04. The van der Waals surface area contributed by atoms with Crippen molar-refractivity contribution >= 4 is 17.9 Å². The monoisotopic (exact) mass is 212 g/mol. The molecule has 0 saturated carbocycles. The van der Waals surface area contributed by atoms with E-state index in [0.29, 0.717) is 22.9 Å². The fraction of sp³-hybridized carbons (Fsp3) is 0.364. The number of carbonyl (C=O) groups excluding carboxylic acids is 1. The maximum Gasteiger partial charge on any atom is 0.150 e. The molecule has 0 aromatic heterocycles. The van der Waals surface area contributed by atoms with E-state index in [4.69, 9.17) is 16.3 Å². The molecule has 0 bridgehead atoms. The molecule has 0 amide bonds. The number of carbonyl (C=O) groups is 1. The summed E-state index contributed by atoms with van der Waals surface area (Å²) in [5.74, 6) is 0.644. The fourth-order valence-electron chi connectivity index (χ4n) is 1.03. The summed E-state index contributed by atoms with van der Waals surface area (Å²) in [5, 5.41) is 0.491. The number of hydrogen-bond donors (Lipinski definition) is 0. The number of unbranched alkanes of at least 4 members (excludes halogenated alkanes) is 1. The summed E-state index contributed by atoms with van der Waals surface area (Å²) in [6, 6.07) is 5.03. The van der Waals surface area contributed by atoms with E-state index in [1.807, 2.05) is 0 Å². The molecule has 3 heteroatoms. The van der Waals surface area contributed by atoms with Crippen LogP contribution in [0.3, 0.4) is 0 Å². The van der Waals surface area contributed by atoms with Crippen molar-refractivity contribution in [2.45, 2.75) is 19.8 Å². The molecule has 0 aliphatic rings. The zero-order valence-electron chi connectivity index (χ0n) is 8.13. The van der Waals surface area contributed by atoms with Crippen LogP contribution in [-0.4, -0.2) is 12.9 Å². The first-order chi connectivity index (χ1) is 6.77. The predicted octanol–water partition coefficient (Wildman–Crippen LogP) is 3.33. The van der Waals surface area contributed by atoms with Crippen molar-refractivity contribution in [3.05, 3.63) is 28.8 Å². The Morgan fingerprint density at radius 1 is 1.50 bits per heavy atom. The zero-order valence-corrected chi connectivity index (χ0v) is 8.88. The number of ether oxygens (including phenoxy) is 1. The molecule has 76 valence electrons. The minimum Gasteiger partial charge on any atom is -0.492 e. The van der Waals surface area contributed by atoms with Crippen LogP contribution in [0.25, 0.3) is 0 Å². The highest BCUT2D eigenvalue weighted by molar-refractivity contribution is 6.32. The fourth-order valence-corrected chi connectivity index (χ4v) is 1.28. The van der Waals surface area contributed by atoms with Crippen LogP contribution in [0.2, 0.25) is 5.02 Å². The quantitative estimate of drug-likeness (QED) is 0.553. The first kappa shape index (κ1) is 11.1. The highest BCUT2D eigenvalue weighted by Crippen LogP contribution is 2.24. The van der Waals surface area contributed by atoms with Crippen LogP contribution in [0.4, 0.5) is 0 Å². The molecule has 0 unspecified atom stereocenters. The van der Waals surface area contributed by atoms with Gasteiger partial charge in [0.1, 0.15) is 12.0 Å². The van der Waals surface area contributed by atoms with Gasteiger partial charge in [0, 0.05) is 5.56 Å². The average Bonchev–Trinajstić information content (AvgIpc) is 2.20. The lowest BCUT2D eigenvalue weighted by atomic mass is 10.2. The molecule has 0 fully saturated rings. The molecule has 1 rings (SSSR count). The highest BCUT2D eigenvalue weighted by atomic mass is 35.5. The standard InChI is InChI=1S/C11H13ClO2/c1-2-3-6-14-11-5-4-9(8-13)7-10(11)12/h4-5,7-8H,2-3,6H2,1H3. The van der Waals surface area contributed by atoms with Gasteiger partial charge < -0.3 is 4.74 Å². The lowest BCUT2D eigenvalue weighted by Gasteiger charge is -2.07. The first-order valence-electron chi connectivity index (χ1n) is 4.65. The normalized spacial score (nSPS) is 9.86. The van der Waals surface area contributed by atoms with E-state index < -0.39 is 0 Å². The van der Waals surface area contributed by atoms with E-state index in [9.17, 15) is 4.79 Å². The van der Waals surface area contributed by atoms with Gasteiger partial charge in [-0.2, -0.15) is 0 Å². The lowest BCUT2D eigenvalue weighted by molar-refractivity contribution is 0.112. The molecule has 0 aliphatic carbocycles. The van der Waals surface area contributed by atoms with E-state index in [1.165, 1.54) is 0 Å². The van der Waals surface area contributed by atoms with Gasteiger partial charge in [-0.05, 0) is 24.6 Å². The van der Waals surface area contributed by atoms with Gasteiger partial charge in [-0.1, -0.05) is 24.9 Å². The van der Waals surface area contributed by atoms with E-state index in [2.05, 4.69) is 6.92 Å². The van der Waals surface area contributed by atoms with E-state index in [0.717, 1.165) is 19.1 Å². The molecule has 0 spiro atoms. The van der Waals surface area contributed by atoms with E-state index >= 15 is 0 Å². The molecule has 14 heavy (non-hydrogen) atoms. The molecular weight excluding hydrogens is 200 g/mol. The Hall–Kier alpha value is -1.02. The molecule has 0 heterocycles. The Labute approximate surface area is 88.8 Å². The van der Waals surface area contributed by atoms with Crippen molar-refractivity contribution in [2.75, 3.05) is 6.61 Å². The number of halogens is 1. The van der Waals surface area contributed by atoms with Crippen LogP contribution in [0.5, 0.6) is 5.75 Å². The van der Waals surface area contributed by atoms with Crippen molar-refractivity contribution in [1.82, 2.24) is 0 Å². The molecular formula is C11H13ClO2. The Kier molecular flexibility index (Phi) is 4.47. The van der Waals surface area contributed by atoms with E-state index in [1.54, 1.807) is 18.2 Å². The van der Waals surface area contributed by atoms with Gasteiger partial charge in [0.15, 0.2) is 0 Å². The summed E-state index contributed by atoms with van der Waals surface area (Å²) >= 11 is 5.90. The Bertz CT molecular complexity index is 310. The number of rotatable bonds is 5. The molecule has 0 radical (unpaired) electrons. The second kappa shape index (κ2) is 5.66. The lowest BCUT2D eigenvalue weighted by Crippen LogP contribution is -1.97. The molecule has 0 N–H and O–H groups in total. The van der Waals surface area contributed by atoms with Gasteiger partial charge in [-0.3, -0.25) is 4.79 Å². The Morgan fingerprint density at radius 2 is 2.29 bits per heavy atom. The summed E-state index contributed by atoms with van der Waals surface area (Å²) in [7, 11) is 0. The van der Waals surface area contributed by atoms with Crippen molar-refractivity contribution in [3.8, 4) is 5.75 Å². The summed E-state index contributed by atoms with van der Waals surface area (Å²) in [6.45, 7) is 2.76. The maximum atomic E-state index is 10.4. The third-order valence-electron chi connectivity index (χ3n) is 1.85. The SMILES string of the molecule is CCCCOc1ccc(C=O)cc1Cl. The van der Waals surface area contributed by atoms with Gasteiger partial charge in [0.05, 0.1) is 11.6 Å². The van der Waals surface area contributed by atoms with Crippen LogP contribution in [0.1, 0.15) is 30.1 Å². The smallest absolute Gasteiger partial charge is 0.150 e.